The molecular weight excluding hydrogens is 280 g/mol. The van der Waals surface area contributed by atoms with E-state index in [1.165, 1.54) is 0 Å². The van der Waals surface area contributed by atoms with Gasteiger partial charge in [-0.1, -0.05) is 0 Å². The van der Waals surface area contributed by atoms with E-state index >= 15 is 0 Å². The number of ether oxygens (including phenoxy) is 1. The number of hydrogen-bond acceptors (Lipinski definition) is 2. The van der Waals surface area contributed by atoms with Gasteiger partial charge < -0.3 is 0 Å². The summed E-state index contributed by atoms with van der Waals surface area (Å²) in [5, 5.41) is 9.04. The van der Waals surface area contributed by atoms with Crippen LogP contribution in [0.1, 0.15) is 0 Å². The average molecular weight is 288 g/mol. The van der Waals surface area contributed by atoms with Gasteiger partial charge in [0, 0.05) is 0 Å². The molecule has 0 unspecified atom stereocenters. The Bertz CT molecular complexity index is 364. The molecule has 1 N–H and O–H groups in total. The molecule has 0 radical (unpaired) electrons. The van der Waals surface area contributed by atoms with Crippen LogP contribution in [0.25, 0.3) is 0 Å². The molecule has 0 aliphatic heterocycles. The average Bonchev–Trinajstić information content (AvgIpc) is 2.62. The second kappa shape index (κ2) is 3.87. The van der Waals surface area contributed by atoms with Crippen molar-refractivity contribution in [3.63, 3.8) is 0 Å². The summed E-state index contributed by atoms with van der Waals surface area (Å²) < 4.78 is 9.83. The van der Waals surface area contributed by atoms with Gasteiger partial charge >= 0.3 is 86.0 Å². The predicted molar refractivity (Wildman–Crippen MR) is 51.6 cm³/mol. The van der Waals surface area contributed by atoms with Gasteiger partial charge in [0.15, 0.2) is 0 Å². The van der Waals surface area contributed by atoms with Crippen LogP contribution in [0.2, 0.25) is 0 Å². The third-order valence-corrected chi connectivity index (χ3v) is 3.46. The predicted octanol–water partition coefficient (Wildman–Crippen LogP) is 2.24. The molecule has 2 nitrogen and oxygen atoms in total. The summed E-state index contributed by atoms with van der Waals surface area (Å²) >= 11 is -0.0756. The molecule has 2 aromatic rings. The molecule has 0 aliphatic carbocycles. The van der Waals surface area contributed by atoms with Gasteiger partial charge in [-0.2, -0.15) is 0 Å². The molecule has 1 aromatic carbocycles. The minimum absolute atomic E-state index is 0.0756. The van der Waals surface area contributed by atoms with Crippen molar-refractivity contribution in [1.82, 2.24) is 0 Å². The quantitative estimate of drug-likeness (QED) is 0.859. The fraction of sp³-hybridized carbons (Fsp3) is 0. The van der Waals surface area contributed by atoms with Crippen molar-refractivity contribution in [2.24, 2.45) is 0 Å². The summed E-state index contributed by atoms with van der Waals surface area (Å²) in [5.41, 5.74) is 0. The number of phenols is 1. The van der Waals surface area contributed by atoms with Gasteiger partial charge in [0.2, 0.25) is 0 Å². The van der Waals surface area contributed by atoms with Gasteiger partial charge in [-0.3, -0.25) is 0 Å². The zero-order chi connectivity index (χ0) is 9.10. The summed E-state index contributed by atoms with van der Waals surface area (Å²) in [6, 6.07) is 8.73. The summed E-state index contributed by atoms with van der Waals surface area (Å²) in [7, 11) is 0. The van der Waals surface area contributed by atoms with Crippen molar-refractivity contribution < 1.29 is 9.84 Å². The van der Waals surface area contributed by atoms with E-state index < -0.39 is 0 Å². The van der Waals surface area contributed by atoms with Gasteiger partial charge in [-0.15, -0.1) is 0 Å². The van der Waals surface area contributed by atoms with Gasteiger partial charge in [0.25, 0.3) is 0 Å². The van der Waals surface area contributed by atoms with E-state index in [0.29, 0.717) is 0 Å². The van der Waals surface area contributed by atoms with Crippen molar-refractivity contribution in [2.75, 3.05) is 0 Å². The summed E-state index contributed by atoms with van der Waals surface area (Å²) in [6.45, 7) is 0. The number of phenolic OH excluding ortho intramolecular Hbond substituents is 1. The third kappa shape index (κ3) is 2.27. The Kier molecular flexibility index (Phi) is 2.58. The standard InChI is InChI=1S/C10H8O2Te/c11-8-1-3-9(4-2-8)12-10-5-6-13-7-10/h1-7,11H. The first-order valence-corrected chi connectivity index (χ1v) is 6.53. The van der Waals surface area contributed by atoms with E-state index in [1.807, 2.05) is 6.07 Å². The first kappa shape index (κ1) is 8.68. The molecule has 1 aromatic heterocycles. The molecule has 0 aliphatic rings. The van der Waals surface area contributed by atoms with Gasteiger partial charge in [0.05, 0.1) is 0 Å². The topological polar surface area (TPSA) is 29.5 Å². The van der Waals surface area contributed by atoms with Crippen molar-refractivity contribution in [3.8, 4) is 17.2 Å². The van der Waals surface area contributed by atoms with Crippen LogP contribution in [0.4, 0.5) is 0 Å². The number of rotatable bonds is 2. The zero-order valence-corrected chi connectivity index (χ0v) is 9.14. The Balaban J connectivity index is 2.15. The second-order valence-corrected chi connectivity index (χ2v) is 4.78. The van der Waals surface area contributed by atoms with Crippen LogP contribution in [0.15, 0.2) is 38.5 Å². The van der Waals surface area contributed by atoms with Crippen LogP contribution in [0, 0.1) is 0 Å². The number of hydrogen-bond donors (Lipinski definition) is 1. The van der Waals surface area contributed by atoms with Crippen LogP contribution in [-0.4, -0.2) is 25.5 Å². The molecule has 0 saturated carbocycles. The van der Waals surface area contributed by atoms with Crippen LogP contribution in [0.5, 0.6) is 17.2 Å². The van der Waals surface area contributed by atoms with E-state index in [-0.39, 0.29) is 26.2 Å². The molecule has 3 heteroatoms. The van der Waals surface area contributed by atoms with Crippen molar-refractivity contribution in [3.05, 3.63) is 38.5 Å². The van der Waals surface area contributed by atoms with E-state index in [0.717, 1.165) is 11.5 Å². The van der Waals surface area contributed by atoms with Gasteiger partial charge in [-0.25, -0.2) is 0 Å². The molecular formula is C10H8O2Te. The fourth-order valence-electron chi connectivity index (χ4n) is 0.960. The van der Waals surface area contributed by atoms with Gasteiger partial charge in [-0.05, 0) is 0 Å². The molecule has 0 amide bonds. The summed E-state index contributed by atoms with van der Waals surface area (Å²) in [5.74, 6) is 1.95. The van der Waals surface area contributed by atoms with E-state index in [9.17, 15) is 0 Å². The Hall–Kier alpha value is -0.910. The zero-order valence-electron chi connectivity index (χ0n) is 6.81. The Morgan fingerprint density at radius 2 is 1.77 bits per heavy atom. The first-order chi connectivity index (χ1) is 6.34. The van der Waals surface area contributed by atoms with E-state index in [2.05, 4.69) is 8.16 Å². The Morgan fingerprint density at radius 3 is 2.38 bits per heavy atom. The molecule has 2 rings (SSSR count). The van der Waals surface area contributed by atoms with Crippen LogP contribution in [0.3, 0.4) is 0 Å². The molecule has 0 saturated heterocycles. The molecule has 66 valence electrons. The Labute approximate surface area is 86.0 Å². The SMILES string of the molecule is Oc1ccc(Oc2cc[te]c2)cc1. The number of benzene rings is 1. The van der Waals surface area contributed by atoms with E-state index in [4.69, 9.17) is 9.84 Å². The normalized spacial score (nSPS) is 9.85. The molecule has 0 fully saturated rings. The molecule has 0 spiro atoms. The second-order valence-electron chi connectivity index (χ2n) is 2.56. The van der Waals surface area contributed by atoms with Crippen LogP contribution < -0.4 is 4.74 Å². The Morgan fingerprint density at radius 1 is 1.00 bits per heavy atom. The number of aromatic hydroxyl groups is 1. The maximum absolute atomic E-state index is 9.04. The molecule has 0 bridgehead atoms. The molecule has 1 heterocycles. The summed E-state index contributed by atoms with van der Waals surface area (Å²) in [6.07, 6.45) is 0. The van der Waals surface area contributed by atoms with E-state index in [1.54, 1.807) is 24.3 Å². The fourth-order valence-corrected chi connectivity index (χ4v) is 2.54. The van der Waals surface area contributed by atoms with Crippen molar-refractivity contribution in [2.45, 2.75) is 0 Å². The first-order valence-electron chi connectivity index (χ1n) is 3.84. The monoisotopic (exact) mass is 290 g/mol. The van der Waals surface area contributed by atoms with Crippen molar-refractivity contribution >= 4 is 20.4 Å². The minimum atomic E-state index is -0.0756. The third-order valence-electron chi connectivity index (χ3n) is 1.57. The van der Waals surface area contributed by atoms with Gasteiger partial charge in [0.1, 0.15) is 0 Å². The van der Waals surface area contributed by atoms with Crippen LogP contribution in [-0.2, 0) is 0 Å². The maximum atomic E-state index is 9.04. The summed E-state index contributed by atoms with van der Waals surface area (Å²) in [4.78, 5) is 0. The molecule has 0 atom stereocenters. The van der Waals surface area contributed by atoms with Crippen LogP contribution >= 0.6 is 0 Å². The molecule has 13 heavy (non-hydrogen) atoms. The van der Waals surface area contributed by atoms with Crippen molar-refractivity contribution in [1.29, 1.82) is 0 Å².